The van der Waals surface area contributed by atoms with Crippen LogP contribution in [0.2, 0.25) is 0 Å². The second kappa shape index (κ2) is 9.47. The van der Waals surface area contributed by atoms with Crippen molar-refractivity contribution in [3.8, 4) is 0 Å². The van der Waals surface area contributed by atoms with Crippen LogP contribution in [-0.4, -0.2) is 25.3 Å². The molecule has 3 nitrogen and oxygen atoms in total. The van der Waals surface area contributed by atoms with Gasteiger partial charge in [-0.15, -0.1) is 23.1 Å². The van der Waals surface area contributed by atoms with Crippen molar-refractivity contribution in [3.63, 3.8) is 0 Å². The molecule has 0 unspecified atom stereocenters. The van der Waals surface area contributed by atoms with Gasteiger partial charge in [-0.1, -0.05) is 24.3 Å². The number of aliphatic imine (C=N–C) groups is 1. The predicted octanol–water partition coefficient (Wildman–Crippen LogP) is 3.60. The van der Waals surface area contributed by atoms with Gasteiger partial charge in [0.25, 0.3) is 0 Å². The van der Waals surface area contributed by atoms with Crippen LogP contribution >= 0.6 is 23.1 Å². The van der Waals surface area contributed by atoms with Gasteiger partial charge in [0.2, 0.25) is 0 Å². The number of nitrogens with zero attached hydrogens (tertiary/aromatic N) is 1. The Labute approximate surface area is 134 Å². The molecule has 0 amide bonds. The van der Waals surface area contributed by atoms with Crippen LogP contribution in [0.25, 0.3) is 0 Å². The predicted molar refractivity (Wildman–Crippen MR) is 94.3 cm³/mol. The number of benzene rings is 1. The lowest BCUT2D eigenvalue weighted by molar-refractivity contribution is 0.789. The quantitative estimate of drug-likeness (QED) is 0.354. The average Bonchev–Trinajstić information content (AvgIpc) is 3.04. The normalized spacial score (nSPS) is 11.4. The largest absolute Gasteiger partial charge is 0.356 e. The molecule has 112 valence electrons. The minimum atomic E-state index is 0.829. The molecule has 0 saturated carbocycles. The average molecular weight is 319 g/mol. The van der Waals surface area contributed by atoms with E-state index in [2.05, 4.69) is 63.5 Å². The number of rotatable bonds is 7. The van der Waals surface area contributed by atoms with E-state index in [0.29, 0.717) is 0 Å². The van der Waals surface area contributed by atoms with Crippen LogP contribution in [0.1, 0.15) is 11.3 Å². The van der Waals surface area contributed by atoms with Gasteiger partial charge in [0, 0.05) is 23.4 Å². The van der Waals surface area contributed by atoms with Crippen molar-refractivity contribution in [1.82, 2.24) is 10.6 Å². The molecule has 0 saturated heterocycles. The Kier molecular flexibility index (Phi) is 7.18. The van der Waals surface area contributed by atoms with Gasteiger partial charge in [0.05, 0.1) is 6.54 Å². The Morgan fingerprint density at radius 3 is 2.71 bits per heavy atom. The lowest BCUT2D eigenvalue weighted by atomic mass is 10.4. The van der Waals surface area contributed by atoms with Gasteiger partial charge in [-0.3, -0.25) is 4.99 Å². The topological polar surface area (TPSA) is 36.4 Å². The molecule has 1 aromatic heterocycles. The Balaban J connectivity index is 1.58. The van der Waals surface area contributed by atoms with Crippen molar-refractivity contribution in [2.24, 2.45) is 4.99 Å². The van der Waals surface area contributed by atoms with Gasteiger partial charge < -0.3 is 10.6 Å². The molecule has 21 heavy (non-hydrogen) atoms. The first-order chi connectivity index (χ1) is 10.4. The number of guanidine groups is 1. The second-order valence-corrected chi connectivity index (χ2v) is 6.65. The molecule has 1 heterocycles. The smallest absolute Gasteiger partial charge is 0.191 e. The van der Waals surface area contributed by atoms with Crippen molar-refractivity contribution in [1.29, 1.82) is 0 Å². The van der Waals surface area contributed by atoms with Gasteiger partial charge in [0.1, 0.15) is 0 Å². The second-order valence-electron chi connectivity index (χ2n) is 4.45. The van der Waals surface area contributed by atoms with Gasteiger partial charge in [-0.05, 0) is 35.8 Å². The lowest BCUT2D eigenvalue weighted by Crippen LogP contribution is -2.37. The molecule has 0 spiro atoms. The van der Waals surface area contributed by atoms with E-state index in [1.807, 2.05) is 18.8 Å². The first-order valence-corrected chi connectivity index (χ1v) is 8.90. The van der Waals surface area contributed by atoms with Crippen LogP contribution in [0.4, 0.5) is 0 Å². The summed E-state index contributed by atoms with van der Waals surface area (Å²) >= 11 is 3.65. The monoisotopic (exact) mass is 319 g/mol. The van der Waals surface area contributed by atoms with E-state index in [-0.39, 0.29) is 0 Å². The molecule has 1 aromatic carbocycles. The maximum atomic E-state index is 4.24. The minimum Gasteiger partial charge on any atom is -0.356 e. The van der Waals surface area contributed by atoms with E-state index in [1.165, 1.54) is 9.77 Å². The number of thiophene rings is 1. The summed E-state index contributed by atoms with van der Waals surface area (Å²) in [6, 6.07) is 14.7. The summed E-state index contributed by atoms with van der Waals surface area (Å²) in [5.41, 5.74) is 0. The van der Waals surface area contributed by atoms with Crippen molar-refractivity contribution >= 4 is 29.1 Å². The summed E-state index contributed by atoms with van der Waals surface area (Å²) < 4.78 is 0. The zero-order chi connectivity index (χ0) is 14.8. The van der Waals surface area contributed by atoms with Crippen LogP contribution in [0, 0.1) is 0 Å². The molecule has 2 rings (SSSR count). The van der Waals surface area contributed by atoms with Crippen LogP contribution < -0.4 is 10.6 Å². The Hall–Kier alpha value is -1.46. The third-order valence-electron chi connectivity index (χ3n) is 2.86. The summed E-state index contributed by atoms with van der Waals surface area (Å²) in [6.07, 6.45) is 1.11. The molecular weight excluding hydrogens is 298 g/mol. The molecule has 0 radical (unpaired) electrons. The van der Waals surface area contributed by atoms with Crippen LogP contribution in [0.5, 0.6) is 0 Å². The number of thioether (sulfide) groups is 1. The van der Waals surface area contributed by atoms with Crippen molar-refractivity contribution in [2.45, 2.75) is 17.9 Å². The number of hydrogen-bond donors (Lipinski definition) is 2. The summed E-state index contributed by atoms with van der Waals surface area (Å²) in [7, 11) is 1.81. The fraction of sp³-hybridized carbons (Fsp3) is 0.312. The number of nitrogens with one attached hydrogen (secondary N) is 2. The molecule has 2 N–H and O–H groups in total. The summed E-state index contributed by atoms with van der Waals surface area (Å²) in [4.78, 5) is 6.88. The van der Waals surface area contributed by atoms with E-state index in [9.17, 15) is 0 Å². The molecule has 5 heteroatoms. The highest BCUT2D eigenvalue weighted by Gasteiger charge is 1.99. The first kappa shape index (κ1) is 15.9. The van der Waals surface area contributed by atoms with Crippen LogP contribution in [0.3, 0.4) is 0 Å². The lowest BCUT2D eigenvalue weighted by Gasteiger charge is -2.11. The van der Waals surface area contributed by atoms with Gasteiger partial charge in [-0.25, -0.2) is 0 Å². The number of hydrogen-bond acceptors (Lipinski definition) is 3. The van der Waals surface area contributed by atoms with Crippen LogP contribution in [-0.2, 0) is 6.54 Å². The van der Waals surface area contributed by atoms with Gasteiger partial charge in [-0.2, -0.15) is 0 Å². The third-order valence-corrected chi connectivity index (χ3v) is 4.83. The molecule has 0 aliphatic heterocycles. The van der Waals surface area contributed by atoms with Crippen molar-refractivity contribution in [2.75, 3.05) is 19.3 Å². The molecule has 0 atom stereocenters. The van der Waals surface area contributed by atoms with Crippen molar-refractivity contribution < 1.29 is 0 Å². The fourth-order valence-corrected chi connectivity index (χ4v) is 3.31. The summed E-state index contributed by atoms with van der Waals surface area (Å²) in [5.74, 6) is 1.98. The SMILES string of the molecule is CN=C(NCCCSc1ccccc1)NCc1cccs1. The van der Waals surface area contributed by atoms with E-state index < -0.39 is 0 Å². The van der Waals surface area contributed by atoms with E-state index in [1.54, 1.807) is 11.3 Å². The summed E-state index contributed by atoms with van der Waals surface area (Å²) in [5, 5.41) is 8.76. The van der Waals surface area contributed by atoms with Crippen molar-refractivity contribution in [3.05, 3.63) is 52.7 Å². The summed E-state index contributed by atoms with van der Waals surface area (Å²) in [6.45, 7) is 1.76. The third kappa shape index (κ3) is 6.23. The maximum Gasteiger partial charge on any atom is 0.191 e. The highest BCUT2D eigenvalue weighted by Crippen LogP contribution is 2.17. The van der Waals surface area contributed by atoms with Gasteiger partial charge >= 0.3 is 0 Å². The maximum absolute atomic E-state index is 4.24. The molecule has 0 fully saturated rings. The van der Waals surface area contributed by atoms with E-state index >= 15 is 0 Å². The highest BCUT2D eigenvalue weighted by molar-refractivity contribution is 7.99. The molecular formula is C16H21N3S2. The zero-order valence-corrected chi connectivity index (χ0v) is 13.8. The van der Waals surface area contributed by atoms with Gasteiger partial charge in [0.15, 0.2) is 5.96 Å². The highest BCUT2D eigenvalue weighted by atomic mass is 32.2. The Morgan fingerprint density at radius 2 is 2.00 bits per heavy atom. The Morgan fingerprint density at radius 1 is 1.14 bits per heavy atom. The fourth-order valence-electron chi connectivity index (χ4n) is 1.79. The first-order valence-electron chi connectivity index (χ1n) is 7.03. The molecule has 2 aromatic rings. The zero-order valence-electron chi connectivity index (χ0n) is 12.2. The standard InChI is InChI=1S/C16H21N3S2/c1-17-16(19-13-15-9-5-11-21-15)18-10-6-12-20-14-7-3-2-4-8-14/h2-5,7-9,11H,6,10,12-13H2,1H3,(H2,17,18,19). The molecule has 0 aliphatic rings. The minimum absolute atomic E-state index is 0.829. The van der Waals surface area contributed by atoms with E-state index in [0.717, 1.165) is 31.2 Å². The van der Waals surface area contributed by atoms with Crippen LogP contribution in [0.15, 0.2) is 57.7 Å². The van der Waals surface area contributed by atoms with E-state index in [4.69, 9.17) is 0 Å². The molecule has 0 bridgehead atoms. The Bertz CT molecular complexity index is 524. The molecule has 0 aliphatic carbocycles.